The molecule has 1 aromatic rings. The van der Waals surface area contributed by atoms with E-state index in [0.717, 1.165) is 36.2 Å². The zero-order chi connectivity index (χ0) is 24.3. The smallest absolute Gasteiger partial charge is 0.254 e. The van der Waals surface area contributed by atoms with Crippen molar-refractivity contribution in [3.63, 3.8) is 0 Å². The number of aliphatic imine (C=N–C) groups is 1. The third-order valence-corrected chi connectivity index (χ3v) is 7.33. The van der Waals surface area contributed by atoms with Crippen LogP contribution in [0.4, 0.5) is 5.69 Å². The lowest BCUT2D eigenvalue weighted by Gasteiger charge is -2.40. The molecule has 1 atom stereocenters. The van der Waals surface area contributed by atoms with Gasteiger partial charge in [-0.15, -0.1) is 0 Å². The Bertz CT molecular complexity index is 961. The first-order chi connectivity index (χ1) is 15.6. The Hall–Kier alpha value is -2.18. The fourth-order valence-electron chi connectivity index (χ4n) is 5.16. The summed E-state index contributed by atoms with van der Waals surface area (Å²) in [7, 11) is 4.31. The molecule has 1 N–H and O–H groups in total. The number of hydrogen-bond acceptors (Lipinski definition) is 4. The number of halogens is 1. The summed E-state index contributed by atoms with van der Waals surface area (Å²) in [6, 6.07) is 4.77. The molecule has 2 aliphatic rings. The van der Waals surface area contributed by atoms with Crippen LogP contribution in [0.5, 0.6) is 0 Å². The first-order valence-corrected chi connectivity index (χ1v) is 12.3. The lowest BCUT2D eigenvalue weighted by Crippen LogP contribution is -2.42. The van der Waals surface area contributed by atoms with Gasteiger partial charge in [-0.05, 0) is 91.2 Å². The highest BCUT2D eigenvalue weighted by molar-refractivity contribution is 6.31. The van der Waals surface area contributed by atoms with Crippen molar-refractivity contribution < 1.29 is 9.59 Å². The van der Waals surface area contributed by atoms with Gasteiger partial charge in [0.1, 0.15) is 0 Å². The molecule has 0 aromatic heterocycles. The molecule has 1 heterocycles. The van der Waals surface area contributed by atoms with Crippen LogP contribution in [0.2, 0.25) is 5.02 Å². The van der Waals surface area contributed by atoms with Crippen molar-refractivity contribution in [2.24, 2.45) is 10.9 Å². The second kappa shape index (κ2) is 10.8. The van der Waals surface area contributed by atoms with Crippen molar-refractivity contribution in [3.05, 3.63) is 39.9 Å². The summed E-state index contributed by atoms with van der Waals surface area (Å²) in [6.45, 7) is 8.94. The van der Waals surface area contributed by atoms with E-state index in [-0.39, 0.29) is 18.4 Å². The van der Waals surface area contributed by atoms with Crippen LogP contribution >= 0.6 is 11.6 Å². The van der Waals surface area contributed by atoms with Crippen LogP contribution in [0.3, 0.4) is 0 Å². The number of hydrogen-bond donors (Lipinski definition) is 1. The number of allylic oxidation sites excluding steroid dienone is 1. The molecule has 1 aromatic carbocycles. The Balaban J connectivity index is 1.76. The number of nitrogens with one attached hydrogen (secondary N) is 1. The largest absolute Gasteiger partial charge is 0.369 e. The van der Waals surface area contributed by atoms with Crippen molar-refractivity contribution in [1.29, 1.82) is 0 Å². The molecule has 0 spiro atoms. The predicted octanol–water partition coefficient (Wildman–Crippen LogP) is 4.64. The van der Waals surface area contributed by atoms with E-state index in [2.05, 4.69) is 41.1 Å². The number of carbonyl (C=O) groups is 2. The zero-order valence-corrected chi connectivity index (χ0v) is 21.5. The summed E-state index contributed by atoms with van der Waals surface area (Å²) in [5, 5.41) is 3.49. The van der Waals surface area contributed by atoms with Crippen LogP contribution in [-0.4, -0.2) is 61.7 Å². The van der Waals surface area contributed by atoms with Gasteiger partial charge in [-0.25, -0.2) is 4.99 Å². The van der Waals surface area contributed by atoms with Gasteiger partial charge in [0.05, 0.1) is 5.92 Å². The third-order valence-electron chi connectivity index (χ3n) is 7.11. The monoisotopic (exact) mass is 472 g/mol. The van der Waals surface area contributed by atoms with Gasteiger partial charge in [-0.2, -0.15) is 0 Å². The maximum absolute atomic E-state index is 13.1. The molecule has 33 heavy (non-hydrogen) atoms. The Morgan fingerprint density at radius 2 is 1.76 bits per heavy atom. The standard InChI is InChI=1S/C26H37ClN4O2/c1-7-31(21-10-8-20(9-11-21)30(5)6)24-14-19(27)13-22(18(24)4)25(32)28-15-23-16(2)12-17(3)29-26(23)33/h12-14,20-21,23H,7-11,15H2,1-6H3,(H,28,32). The van der Waals surface area contributed by atoms with Gasteiger partial charge >= 0.3 is 0 Å². The van der Waals surface area contributed by atoms with Crippen LogP contribution in [0, 0.1) is 12.8 Å². The summed E-state index contributed by atoms with van der Waals surface area (Å²) < 4.78 is 0. The molecule has 1 aliphatic heterocycles. The highest BCUT2D eigenvalue weighted by Crippen LogP contribution is 2.34. The molecular weight excluding hydrogens is 436 g/mol. The van der Waals surface area contributed by atoms with E-state index >= 15 is 0 Å². The summed E-state index contributed by atoms with van der Waals surface area (Å²) in [5.41, 5.74) is 4.12. The molecule has 1 unspecified atom stereocenters. The molecule has 0 radical (unpaired) electrons. The van der Waals surface area contributed by atoms with Gasteiger partial charge in [0, 0.05) is 47.2 Å². The molecule has 180 valence electrons. The van der Waals surface area contributed by atoms with Gasteiger partial charge < -0.3 is 15.1 Å². The van der Waals surface area contributed by atoms with Gasteiger partial charge in [0.25, 0.3) is 11.8 Å². The Morgan fingerprint density at radius 3 is 2.33 bits per heavy atom. The van der Waals surface area contributed by atoms with E-state index in [0.29, 0.717) is 28.4 Å². The average molecular weight is 473 g/mol. The quantitative estimate of drug-likeness (QED) is 0.627. The molecule has 0 bridgehead atoms. The first kappa shape index (κ1) is 25.4. The molecule has 0 saturated heterocycles. The van der Waals surface area contributed by atoms with E-state index < -0.39 is 5.92 Å². The molecule has 2 amide bonds. The van der Waals surface area contributed by atoms with Gasteiger partial charge in [-0.3, -0.25) is 9.59 Å². The number of nitrogens with zero attached hydrogens (tertiary/aromatic N) is 3. The number of carbonyl (C=O) groups excluding carboxylic acids is 2. The van der Waals surface area contributed by atoms with Crippen molar-refractivity contribution in [2.45, 2.75) is 65.5 Å². The third kappa shape index (κ3) is 5.85. The number of rotatable bonds is 7. The van der Waals surface area contributed by atoms with Gasteiger partial charge in [0.15, 0.2) is 0 Å². The van der Waals surface area contributed by atoms with Gasteiger partial charge in [0.2, 0.25) is 0 Å². The van der Waals surface area contributed by atoms with Crippen LogP contribution in [-0.2, 0) is 4.79 Å². The van der Waals surface area contributed by atoms with E-state index in [1.54, 1.807) is 13.0 Å². The topological polar surface area (TPSA) is 65.0 Å². The van der Waals surface area contributed by atoms with Crippen molar-refractivity contribution in [1.82, 2.24) is 10.2 Å². The van der Waals surface area contributed by atoms with Crippen molar-refractivity contribution >= 4 is 34.8 Å². The predicted molar refractivity (Wildman–Crippen MR) is 137 cm³/mol. The molecule has 1 fully saturated rings. The number of benzene rings is 1. The van der Waals surface area contributed by atoms with Crippen LogP contribution in [0.15, 0.2) is 28.8 Å². The minimum absolute atomic E-state index is 0.207. The number of dihydropyridines is 1. The second-order valence-corrected chi connectivity index (χ2v) is 9.99. The zero-order valence-electron chi connectivity index (χ0n) is 20.7. The van der Waals surface area contributed by atoms with Crippen LogP contribution in [0.25, 0.3) is 0 Å². The van der Waals surface area contributed by atoms with E-state index in [1.807, 2.05) is 26.0 Å². The average Bonchev–Trinajstić information content (AvgIpc) is 2.75. The Morgan fingerprint density at radius 1 is 1.12 bits per heavy atom. The maximum atomic E-state index is 13.1. The highest BCUT2D eigenvalue weighted by Gasteiger charge is 2.29. The molecular formula is C26H37ClN4O2. The number of anilines is 1. The molecule has 3 rings (SSSR count). The summed E-state index contributed by atoms with van der Waals surface area (Å²) in [6.07, 6.45) is 6.49. The fraction of sp³-hybridized carbons (Fsp3) is 0.577. The minimum Gasteiger partial charge on any atom is -0.369 e. The van der Waals surface area contributed by atoms with Gasteiger partial charge in [-0.1, -0.05) is 17.2 Å². The second-order valence-electron chi connectivity index (χ2n) is 9.55. The highest BCUT2D eigenvalue weighted by atomic mass is 35.5. The normalized spacial score (nSPS) is 23.3. The van der Waals surface area contributed by atoms with Crippen LogP contribution in [0.1, 0.15) is 62.4 Å². The summed E-state index contributed by atoms with van der Waals surface area (Å²) >= 11 is 6.49. The van der Waals surface area contributed by atoms with E-state index in [4.69, 9.17) is 11.6 Å². The summed E-state index contributed by atoms with van der Waals surface area (Å²) in [4.78, 5) is 34.2. The maximum Gasteiger partial charge on any atom is 0.254 e. The Kier molecular flexibility index (Phi) is 8.35. The van der Waals surface area contributed by atoms with Crippen molar-refractivity contribution in [2.75, 3.05) is 32.1 Å². The first-order valence-electron chi connectivity index (χ1n) is 11.9. The SMILES string of the molecule is CCN(c1cc(Cl)cc(C(=O)NCC2C(=O)N=C(C)C=C2C)c1C)C1CCC(N(C)C)CC1. The lowest BCUT2D eigenvalue weighted by atomic mass is 9.89. The van der Waals surface area contributed by atoms with Crippen molar-refractivity contribution in [3.8, 4) is 0 Å². The number of amides is 2. The molecule has 1 aliphatic carbocycles. The summed E-state index contributed by atoms with van der Waals surface area (Å²) in [5.74, 6) is -0.840. The Labute approximate surface area is 203 Å². The minimum atomic E-state index is -0.421. The van der Waals surface area contributed by atoms with Crippen LogP contribution < -0.4 is 10.2 Å². The lowest BCUT2D eigenvalue weighted by molar-refractivity contribution is -0.120. The fourth-order valence-corrected chi connectivity index (χ4v) is 5.37. The van der Waals surface area contributed by atoms with E-state index in [9.17, 15) is 9.59 Å². The molecule has 7 heteroatoms. The van der Waals surface area contributed by atoms with E-state index in [1.165, 1.54) is 12.8 Å². The molecule has 1 saturated carbocycles. The molecule has 6 nitrogen and oxygen atoms in total.